The Bertz CT molecular complexity index is 1300. The third-order valence-corrected chi connectivity index (χ3v) is 11.5. The van der Waals surface area contributed by atoms with Gasteiger partial charge in [-0.05, 0) is 85.4 Å². The summed E-state index contributed by atoms with van der Waals surface area (Å²) in [5, 5.41) is 47.1. The van der Waals surface area contributed by atoms with E-state index in [1.807, 2.05) is 63.1 Å². The SMILES string of the molecule is CCCN(C)C(=O)N(C)[C@H]1C[C@@H](C)O[C@@H](O[C@@H]2[C@@H](C)[C@H](O)[C@@H](C)C(=O)O[C@H](CC)[C@@](C)(O)[C@H](O)[C@@H](C)N(C)C[C@H](C)C[C@@]2(C)O)[C@@H]1Oc1ccccc1. The molecular weight excluding hydrogens is 682 g/mol. The molecule has 0 unspecified atom stereocenters. The summed E-state index contributed by atoms with van der Waals surface area (Å²) in [5.74, 6) is -2.30. The summed E-state index contributed by atoms with van der Waals surface area (Å²) in [4.78, 5) is 32.5. The maximum absolute atomic E-state index is 13.6. The van der Waals surface area contributed by atoms with E-state index in [9.17, 15) is 30.0 Å². The van der Waals surface area contributed by atoms with E-state index in [-0.39, 0.29) is 30.9 Å². The van der Waals surface area contributed by atoms with E-state index >= 15 is 0 Å². The fraction of sp³-hybridized carbons (Fsp3) is 0.800. The van der Waals surface area contributed by atoms with Crippen molar-refractivity contribution in [1.29, 1.82) is 0 Å². The highest BCUT2D eigenvalue weighted by atomic mass is 16.7. The first-order valence-electron chi connectivity index (χ1n) is 19.4. The van der Waals surface area contributed by atoms with E-state index in [0.717, 1.165) is 6.42 Å². The topological polar surface area (TPSA) is 162 Å². The van der Waals surface area contributed by atoms with Crippen LogP contribution in [0.1, 0.15) is 88.0 Å². The number of carbonyl (C=O) groups is 2. The Morgan fingerprint density at radius 3 is 2.25 bits per heavy atom. The van der Waals surface area contributed by atoms with Gasteiger partial charge in [-0.15, -0.1) is 0 Å². The van der Waals surface area contributed by atoms with Gasteiger partial charge in [-0.1, -0.05) is 45.9 Å². The van der Waals surface area contributed by atoms with Crippen LogP contribution in [0.4, 0.5) is 4.79 Å². The van der Waals surface area contributed by atoms with Gasteiger partial charge in [-0.3, -0.25) is 4.79 Å². The molecule has 0 radical (unpaired) electrons. The molecule has 1 aromatic carbocycles. The first kappa shape index (κ1) is 44.9. The van der Waals surface area contributed by atoms with Gasteiger partial charge in [-0.25, -0.2) is 4.79 Å². The number of aliphatic hydroxyl groups is 4. The molecule has 2 aliphatic rings. The Kier molecular flexibility index (Phi) is 16.0. The van der Waals surface area contributed by atoms with Crippen LogP contribution in [0, 0.1) is 17.8 Å². The molecule has 2 heterocycles. The number of nitrogens with zero attached hydrogens (tertiary/aromatic N) is 3. The molecule has 0 bridgehead atoms. The second-order valence-corrected chi connectivity index (χ2v) is 16.4. The number of aliphatic hydroxyl groups excluding tert-OH is 2. The number of esters is 1. The summed E-state index contributed by atoms with van der Waals surface area (Å²) in [6.45, 7) is 16.8. The van der Waals surface area contributed by atoms with Crippen LogP contribution < -0.4 is 4.74 Å². The van der Waals surface area contributed by atoms with Crippen LogP contribution in [0.15, 0.2) is 30.3 Å². The van der Waals surface area contributed by atoms with Gasteiger partial charge in [0.2, 0.25) is 0 Å². The van der Waals surface area contributed by atoms with Crippen molar-refractivity contribution >= 4 is 12.0 Å². The lowest BCUT2D eigenvalue weighted by atomic mass is 9.78. The predicted molar refractivity (Wildman–Crippen MR) is 202 cm³/mol. The van der Waals surface area contributed by atoms with Gasteiger partial charge in [-0.2, -0.15) is 0 Å². The number of rotatable bonds is 8. The van der Waals surface area contributed by atoms with Gasteiger partial charge in [0.1, 0.15) is 23.6 Å². The zero-order valence-electron chi connectivity index (χ0n) is 34.1. The van der Waals surface area contributed by atoms with Crippen LogP contribution >= 0.6 is 0 Å². The van der Waals surface area contributed by atoms with Gasteiger partial charge in [0.05, 0.1) is 35.9 Å². The fourth-order valence-electron chi connectivity index (χ4n) is 8.22. The molecule has 2 saturated heterocycles. The Morgan fingerprint density at radius 2 is 1.66 bits per heavy atom. The van der Waals surface area contributed by atoms with E-state index in [2.05, 4.69) is 0 Å². The number of benzene rings is 1. The molecule has 0 aliphatic carbocycles. The molecule has 13 heteroatoms. The van der Waals surface area contributed by atoms with Crippen LogP contribution in [0.25, 0.3) is 0 Å². The van der Waals surface area contributed by atoms with Crippen molar-refractivity contribution in [2.75, 3.05) is 34.2 Å². The Balaban J connectivity index is 2.10. The van der Waals surface area contributed by atoms with Crippen LogP contribution in [-0.2, 0) is 19.0 Å². The van der Waals surface area contributed by atoms with E-state index in [1.54, 1.807) is 51.6 Å². The van der Waals surface area contributed by atoms with Gasteiger partial charge in [0.25, 0.3) is 0 Å². The number of amides is 2. The number of urea groups is 1. The molecule has 14 atom stereocenters. The highest BCUT2D eigenvalue weighted by Crippen LogP contribution is 2.38. The minimum absolute atomic E-state index is 0.152. The lowest BCUT2D eigenvalue weighted by molar-refractivity contribution is -0.294. The van der Waals surface area contributed by atoms with Gasteiger partial charge in [0, 0.05) is 39.1 Å². The Hall–Kier alpha value is -2.52. The van der Waals surface area contributed by atoms with Crippen molar-refractivity contribution in [1.82, 2.24) is 14.7 Å². The molecule has 53 heavy (non-hydrogen) atoms. The summed E-state index contributed by atoms with van der Waals surface area (Å²) >= 11 is 0. The molecular formula is C40H69N3O10. The average Bonchev–Trinajstić information content (AvgIpc) is 3.10. The maximum Gasteiger partial charge on any atom is 0.319 e. The quantitative estimate of drug-likeness (QED) is 0.285. The predicted octanol–water partition coefficient (Wildman–Crippen LogP) is 3.89. The molecule has 0 aromatic heterocycles. The van der Waals surface area contributed by atoms with E-state index in [1.165, 1.54) is 13.8 Å². The molecule has 2 fully saturated rings. The number of hydrogen-bond acceptors (Lipinski definition) is 11. The van der Waals surface area contributed by atoms with E-state index in [0.29, 0.717) is 25.3 Å². The van der Waals surface area contributed by atoms with Crippen molar-refractivity contribution in [3.63, 3.8) is 0 Å². The van der Waals surface area contributed by atoms with Crippen LogP contribution in [-0.4, -0.2) is 148 Å². The van der Waals surface area contributed by atoms with Gasteiger partial charge in [0.15, 0.2) is 12.4 Å². The third-order valence-electron chi connectivity index (χ3n) is 11.5. The van der Waals surface area contributed by atoms with E-state index < -0.39 is 77.9 Å². The lowest BCUT2D eigenvalue weighted by Crippen LogP contribution is -2.62. The second kappa shape index (κ2) is 18.9. The van der Waals surface area contributed by atoms with E-state index in [4.69, 9.17) is 18.9 Å². The summed E-state index contributed by atoms with van der Waals surface area (Å²) < 4.78 is 25.7. The first-order chi connectivity index (χ1) is 24.7. The number of likely N-dealkylation sites (N-methyl/N-ethyl adjacent to an activating group) is 2. The van der Waals surface area contributed by atoms with Crippen molar-refractivity contribution in [3.05, 3.63) is 30.3 Å². The highest BCUT2D eigenvalue weighted by Gasteiger charge is 2.51. The molecule has 2 aliphatic heterocycles. The standard InChI is InChI=1S/C40H69N3O10/c1-13-20-41(10)38(47)43(12)30-21-25(4)50-37(33(30)51-29-18-16-15-17-19-29)53-35-26(5)32(44)27(6)36(46)52-31(14-2)40(9,49)34(45)28(7)42(11)23-24(3)22-39(35,8)48/h15-19,24-28,30-35,37,44-45,48-49H,13-14,20-23H2,1-12H3/t24-,25-,26+,27-,28-,30+,31-,32+,33-,34-,35-,37+,39-,40-/m1/s1. The highest BCUT2D eigenvalue weighted by molar-refractivity contribution is 5.74. The summed E-state index contributed by atoms with van der Waals surface area (Å²) in [6.07, 6.45) is -5.39. The number of hydrogen-bond donors (Lipinski definition) is 4. The normalized spacial score (nSPS) is 39.7. The summed E-state index contributed by atoms with van der Waals surface area (Å²) in [5.41, 5.74) is -3.36. The second-order valence-electron chi connectivity index (χ2n) is 16.4. The third kappa shape index (κ3) is 10.8. The maximum atomic E-state index is 13.6. The average molecular weight is 752 g/mol. The lowest BCUT2D eigenvalue weighted by Gasteiger charge is -2.48. The molecule has 13 nitrogen and oxygen atoms in total. The van der Waals surface area contributed by atoms with Crippen LogP contribution in [0.2, 0.25) is 0 Å². The minimum Gasteiger partial charge on any atom is -0.483 e. The molecule has 0 saturated carbocycles. The molecule has 4 N–H and O–H groups in total. The number of carbonyl (C=O) groups excluding carboxylic acids is 2. The zero-order valence-corrected chi connectivity index (χ0v) is 34.1. The monoisotopic (exact) mass is 751 g/mol. The number of para-hydroxylation sites is 1. The van der Waals surface area contributed by atoms with Crippen LogP contribution in [0.3, 0.4) is 0 Å². The van der Waals surface area contributed by atoms with Crippen LogP contribution in [0.5, 0.6) is 5.75 Å². The first-order valence-corrected chi connectivity index (χ1v) is 19.4. The van der Waals surface area contributed by atoms with Crippen molar-refractivity contribution in [2.24, 2.45) is 17.8 Å². The van der Waals surface area contributed by atoms with Crippen molar-refractivity contribution < 1.29 is 49.0 Å². The zero-order chi connectivity index (χ0) is 40.0. The largest absolute Gasteiger partial charge is 0.483 e. The molecule has 304 valence electrons. The van der Waals surface area contributed by atoms with Gasteiger partial charge >= 0.3 is 12.0 Å². The summed E-state index contributed by atoms with van der Waals surface area (Å²) in [6, 6.07) is 8.00. The van der Waals surface area contributed by atoms with Crippen molar-refractivity contribution in [3.8, 4) is 5.75 Å². The molecule has 3 rings (SSSR count). The Labute approximate surface area is 317 Å². The Morgan fingerprint density at radius 1 is 1.04 bits per heavy atom. The van der Waals surface area contributed by atoms with Crippen molar-refractivity contribution in [2.45, 2.75) is 154 Å². The minimum atomic E-state index is -1.78. The molecule has 1 aromatic rings. The molecule has 0 spiro atoms. The molecule has 2 amide bonds. The fourth-order valence-corrected chi connectivity index (χ4v) is 8.22. The number of cyclic esters (lactones) is 1. The number of ether oxygens (including phenoxy) is 4. The smallest absolute Gasteiger partial charge is 0.319 e. The summed E-state index contributed by atoms with van der Waals surface area (Å²) in [7, 11) is 5.34. The van der Waals surface area contributed by atoms with Gasteiger partial charge < -0.3 is 54.1 Å².